The zero-order chi connectivity index (χ0) is 12.8. The largest absolute Gasteiger partial charge is 0.416 e. The van der Waals surface area contributed by atoms with Gasteiger partial charge in [0.05, 0.1) is 12.6 Å². The van der Waals surface area contributed by atoms with Crippen molar-refractivity contribution in [3.63, 3.8) is 0 Å². The minimum absolute atomic E-state index is 0.103. The Balaban J connectivity index is 2.44. The van der Waals surface area contributed by atoms with Crippen LogP contribution < -0.4 is 11.1 Å². The van der Waals surface area contributed by atoms with E-state index in [1.54, 1.807) is 24.3 Å². The lowest BCUT2D eigenvalue weighted by Gasteiger charge is -2.11. The second kappa shape index (κ2) is 6.07. The normalized spacial score (nSPS) is 11.6. The summed E-state index contributed by atoms with van der Waals surface area (Å²) in [5, 5.41) is 12.4. The number of rotatable bonds is 3. The quantitative estimate of drug-likeness (QED) is 0.709. The van der Waals surface area contributed by atoms with Crippen LogP contribution in [0.3, 0.4) is 0 Å². The molecule has 0 radical (unpaired) electrons. The molecule has 0 unspecified atom stereocenters. The second-order valence-corrected chi connectivity index (χ2v) is 3.59. The van der Waals surface area contributed by atoms with E-state index in [9.17, 15) is 14.7 Å². The lowest BCUT2D eigenvalue weighted by Crippen LogP contribution is -2.32. The first kappa shape index (κ1) is 13.3. The summed E-state index contributed by atoms with van der Waals surface area (Å²) in [6.45, 7) is -0.103. The third-order valence-corrected chi connectivity index (χ3v) is 2.14. The Morgan fingerprint density at radius 3 is 2.53 bits per heavy atom. The minimum atomic E-state index is -1.21. The van der Waals surface area contributed by atoms with Crippen LogP contribution in [0.2, 0.25) is 5.02 Å². The molecule has 0 saturated heterocycles. The van der Waals surface area contributed by atoms with E-state index in [1.165, 1.54) is 0 Å². The molecule has 1 atom stereocenters. The minimum Gasteiger partial charge on any atom is -0.387 e. The first-order valence-corrected chi connectivity index (χ1v) is 5.05. The number of amides is 2. The Hall–Kier alpha value is -1.79. The van der Waals surface area contributed by atoms with Gasteiger partial charge in [-0.3, -0.25) is 0 Å². The van der Waals surface area contributed by atoms with Crippen LogP contribution in [0.4, 0.5) is 9.59 Å². The smallest absolute Gasteiger partial charge is 0.387 e. The number of benzene rings is 1. The molecule has 7 heteroatoms. The Kier molecular flexibility index (Phi) is 4.74. The van der Waals surface area contributed by atoms with Gasteiger partial charge >= 0.3 is 12.2 Å². The summed E-state index contributed by atoms with van der Waals surface area (Å²) in [5.41, 5.74) is 5.21. The molecule has 0 spiro atoms. The number of carbonyl (C=O) groups excluding carboxylic acids is 2. The Morgan fingerprint density at radius 2 is 2.00 bits per heavy atom. The molecule has 6 nitrogen and oxygen atoms in total. The van der Waals surface area contributed by atoms with Gasteiger partial charge in [0, 0.05) is 5.02 Å². The van der Waals surface area contributed by atoms with E-state index in [0.717, 1.165) is 0 Å². The summed E-state index contributed by atoms with van der Waals surface area (Å²) in [6.07, 6.45) is -3.14. The predicted octanol–water partition coefficient (Wildman–Crippen LogP) is 1.18. The Bertz CT molecular complexity index is 407. The third kappa shape index (κ3) is 4.71. The van der Waals surface area contributed by atoms with E-state index in [0.29, 0.717) is 10.6 Å². The zero-order valence-corrected chi connectivity index (χ0v) is 9.48. The highest BCUT2D eigenvalue weighted by molar-refractivity contribution is 6.30. The number of primary amides is 1. The van der Waals surface area contributed by atoms with Crippen molar-refractivity contribution in [1.29, 1.82) is 0 Å². The second-order valence-electron chi connectivity index (χ2n) is 3.16. The van der Waals surface area contributed by atoms with Gasteiger partial charge in [-0.05, 0) is 17.7 Å². The van der Waals surface area contributed by atoms with E-state index in [4.69, 9.17) is 11.6 Å². The fraction of sp³-hybridized carbons (Fsp3) is 0.200. The maximum Gasteiger partial charge on any atom is 0.416 e. The number of hydrogen-bond donors (Lipinski definition) is 3. The fourth-order valence-electron chi connectivity index (χ4n) is 1.11. The van der Waals surface area contributed by atoms with Gasteiger partial charge in [-0.2, -0.15) is 0 Å². The van der Waals surface area contributed by atoms with Crippen molar-refractivity contribution < 1.29 is 19.4 Å². The van der Waals surface area contributed by atoms with Crippen molar-refractivity contribution in [2.24, 2.45) is 5.73 Å². The average Bonchev–Trinajstić information content (AvgIpc) is 2.26. The van der Waals surface area contributed by atoms with E-state index >= 15 is 0 Å². The van der Waals surface area contributed by atoms with Gasteiger partial charge < -0.3 is 20.9 Å². The van der Waals surface area contributed by atoms with Crippen LogP contribution in [-0.4, -0.2) is 23.8 Å². The molecular weight excluding hydrogens is 248 g/mol. The van der Waals surface area contributed by atoms with E-state index < -0.39 is 18.3 Å². The molecule has 0 saturated carbocycles. The molecular formula is C10H11ClN2O4. The van der Waals surface area contributed by atoms with Crippen molar-refractivity contribution in [3.05, 3.63) is 34.9 Å². The summed E-state index contributed by atoms with van der Waals surface area (Å²) in [4.78, 5) is 21.1. The highest BCUT2D eigenvalue weighted by Gasteiger charge is 2.11. The first-order chi connectivity index (χ1) is 7.99. The lowest BCUT2D eigenvalue weighted by atomic mass is 10.1. The first-order valence-electron chi connectivity index (χ1n) is 4.67. The number of nitrogens with one attached hydrogen (secondary N) is 1. The standard InChI is InChI=1S/C10H11ClN2O4/c11-7-3-1-6(2-4-7)8(14)5-13-10(16)17-9(12)15/h1-4,8,14H,5H2,(H2,12,15)(H,13,16)/t8-/m0/s1. The van der Waals surface area contributed by atoms with Gasteiger partial charge in [0.2, 0.25) is 0 Å². The van der Waals surface area contributed by atoms with Gasteiger partial charge in [-0.1, -0.05) is 23.7 Å². The predicted molar refractivity (Wildman–Crippen MR) is 60.5 cm³/mol. The van der Waals surface area contributed by atoms with Crippen molar-refractivity contribution in [1.82, 2.24) is 5.32 Å². The number of halogens is 1. The Labute approximate surface area is 102 Å². The summed E-state index contributed by atoms with van der Waals surface area (Å²) in [5.74, 6) is 0. The van der Waals surface area contributed by atoms with Gasteiger partial charge in [-0.15, -0.1) is 0 Å². The molecule has 92 valence electrons. The SMILES string of the molecule is NC(=O)OC(=O)NC[C@H](O)c1ccc(Cl)cc1. The van der Waals surface area contributed by atoms with Crippen LogP contribution >= 0.6 is 11.6 Å². The highest BCUT2D eigenvalue weighted by Crippen LogP contribution is 2.15. The molecule has 1 rings (SSSR count). The molecule has 0 aliphatic carbocycles. The molecule has 17 heavy (non-hydrogen) atoms. The molecule has 0 bridgehead atoms. The molecule has 0 heterocycles. The molecule has 2 amide bonds. The van der Waals surface area contributed by atoms with E-state index in [2.05, 4.69) is 15.8 Å². The molecule has 1 aromatic rings. The van der Waals surface area contributed by atoms with Crippen LogP contribution in [0.25, 0.3) is 0 Å². The number of ether oxygens (including phenoxy) is 1. The van der Waals surface area contributed by atoms with Crippen molar-refractivity contribution in [3.8, 4) is 0 Å². The van der Waals surface area contributed by atoms with Gasteiger partial charge in [-0.25, -0.2) is 9.59 Å². The fourth-order valence-corrected chi connectivity index (χ4v) is 1.24. The van der Waals surface area contributed by atoms with Gasteiger partial charge in [0.15, 0.2) is 0 Å². The summed E-state index contributed by atoms with van der Waals surface area (Å²) in [7, 11) is 0. The molecule has 0 aromatic heterocycles. The number of carbonyl (C=O) groups is 2. The van der Waals surface area contributed by atoms with E-state index in [-0.39, 0.29) is 6.54 Å². The number of hydrogen-bond acceptors (Lipinski definition) is 4. The summed E-state index contributed by atoms with van der Waals surface area (Å²) < 4.78 is 4.01. The highest BCUT2D eigenvalue weighted by atomic mass is 35.5. The number of alkyl carbamates (subject to hydrolysis) is 1. The van der Waals surface area contributed by atoms with Crippen LogP contribution in [0.15, 0.2) is 24.3 Å². The van der Waals surface area contributed by atoms with Gasteiger partial charge in [0.1, 0.15) is 0 Å². The van der Waals surface area contributed by atoms with Gasteiger partial charge in [0.25, 0.3) is 0 Å². The van der Waals surface area contributed by atoms with Crippen LogP contribution in [0.1, 0.15) is 11.7 Å². The molecule has 0 fully saturated rings. The monoisotopic (exact) mass is 258 g/mol. The number of aliphatic hydroxyl groups is 1. The maximum absolute atomic E-state index is 10.9. The Morgan fingerprint density at radius 1 is 1.41 bits per heavy atom. The summed E-state index contributed by atoms with van der Waals surface area (Å²) >= 11 is 5.68. The molecule has 0 aliphatic rings. The lowest BCUT2D eigenvalue weighted by molar-refractivity contribution is 0.142. The molecule has 1 aromatic carbocycles. The zero-order valence-electron chi connectivity index (χ0n) is 8.72. The number of aliphatic hydroxyl groups excluding tert-OH is 1. The maximum atomic E-state index is 10.9. The molecule has 4 N–H and O–H groups in total. The van der Waals surface area contributed by atoms with Crippen molar-refractivity contribution in [2.75, 3.05) is 6.54 Å². The summed E-state index contributed by atoms with van der Waals surface area (Å²) in [6, 6.07) is 6.46. The van der Waals surface area contributed by atoms with Crippen molar-refractivity contribution >= 4 is 23.8 Å². The topological polar surface area (TPSA) is 102 Å². The van der Waals surface area contributed by atoms with Crippen LogP contribution in [-0.2, 0) is 4.74 Å². The van der Waals surface area contributed by atoms with E-state index in [1.807, 2.05) is 0 Å². The number of nitrogens with two attached hydrogens (primary N) is 1. The van der Waals surface area contributed by atoms with Crippen LogP contribution in [0, 0.1) is 0 Å². The van der Waals surface area contributed by atoms with Crippen molar-refractivity contribution in [2.45, 2.75) is 6.10 Å². The third-order valence-electron chi connectivity index (χ3n) is 1.89. The van der Waals surface area contributed by atoms with Crippen LogP contribution in [0.5, 0.6) is 0 Å². The average molecular weight is 259 g/mol. The molecule has 0 aliphatic heterocycles.